The van der Waals surface area contributed by atoms with Crippen LogP contribution in [0.25, 0.3) is 0 Å². The van der Waals surface area contributed by atoms with Crippen LogP contribution in [0.1, 0.15) is 18.5 Å². The van der Waals surface area contributed by atoms with Gasteiger partial charge in [0.2, 0.25) is 0 Å². The second-order valence-corrected chi connectivity index (χ2v) is 5.54. The third kappa shape index (κ3) is 4.34. The average molecular weight is 326 g/mol. The Morgan fingerprint density at radius 2 is 1.75 bits per heavy atom. The first-order chi connectivity index (χ1) is 9.54. The fraction of sp³-hybridized carbons (Fsp3) is 0.143. The highest BCUT2D eigenvalue weighted by atomic mass is 35.5. The minimum Gasteiger partial charge on any atom is -0.356 e. The van der Waals surface area contributed by atoms with Crippen molar-refractivity contribution in [1.29, 1.82) is 0 Å². The zero-order valence-electron chi connectivity index (χ0n) is 10.7. The summed E-state index contributed by atoms with van der Waals surface area (Å²) < 4.78 is 0. The summed E-state index contributed by atoms with van der Waals surface area (Å²) in [6.07, 6.45) is 3.50. The first-order valence-electron chi connectivity index (χ1n) is 5.98. The van der Waals surface area contributed by atoms with Crippen LogP contribution in [0.5, 0.6) is 0 Å². The van der Waals surface area contributed by atoms with Crippen molar-refractivity contribution in [2.24, 2.45) is 0 Å². The van der Waals surface area contributed by atoms with Crippen molar-refractivity contribution < 1.29 is 0 Å². The highest BCUT2D eigenvalue weighted by Crippen LogP contribution is 2.22. The van der Waals surface area contributed by atoms with Gasteiger partial charge in [0.05, 0.1) is 6.04 Å². The van der Waals surface area contributed by atoms with Gasteiger partial charge in [0.1, 0.15) is 0 Å². The lowest BCUT2D eigenvalue weighted by atomic mass is 10.1. The summed E-state index contributed by atoms with van der Waals surface area (Å²) in [7, 11) is 0. The van der Waals surface area contributed by atoms with E-state index in [1.807, 2.05) is 19.1 Å². The molecule has 0 radical (unpaired) electrons. The molecule has 2 aromatic rings. The number of halogens is 2. The van der Waals surface area contributed by atoms with Gasteiger partial charge in [-0.05, 0) is 55.0 Å². The van der Waals surface area contributed by atoms with Crippen molar-refractivity contribution in [2.45, 2.75) is 13.0 Å². The molecular formula is C14H13Cl2N3S. The molecule has 0 saturated heterocycles. The molecule has 0 aliphatic rings. The molecule has 6 heteroatoms. The van der Waals surface area contributed by atoms with Crippen LogP contribution < -0.4 is 10.6 Å². The van der Waals surface area contributed by atoms with Crippen LogP contribution >= 0.6 is 35.4 Å². The maximum Gasteiger partial charge on any atom is 0.171 e. The molecule has 0 aliphatic heterocycles. The number of nitrogens with zero attached hydrogens (tertiary/aromatic N) is 1. The standard InChI is InChI=1S/C14H13Cl2N3S/c1-9(10-2-4-17-5-3-10)18-14(20)19-13-7-11(15)6-12(16)8-13/h2-9H,1H3,(H2,18,19,20)/t9-/m0/s1. The average Bonchev–Trinajstić information content (AvgIpc) is 2.38. The predicted octanol–water partition coefficient (Wildman–Crippen LogP) is 4.44. The van der Waals surface area contributed by atoms with E-state index in [1.165, 1.54) is 0 Å². The van der Waals surface area contributed by atoms with Gasteiger partial charge in [-0.3, -0.25) is 4.98 Å². The molecule has 104 valence electrons. The van der Waals surface area contributed by atoms with E-state index >= 15 is 0 Å². The first-order valence-corrected chi connectivity index (χ1v) is 7.14. The predicted molar refractivity (Wildman–Crippen MR) is 88.5 cm³/mol. The minimum absolute atomic E-state index is 0.0765. The van der Waals surface area contributed by atoms with Gasteiger partial charge < -0.3 is 10.6 Å². The van der Waals surface area contributed by atoms with Gasteiger partial charge in [-0.25, -0.2) is 0 Å². The number of hydrogen-bond acceptors (Lipinski definition) is 2. The molecule has 0 amide bonds. The Morgan fingerprint density at radius 1 is 1.15 bits per heavy atom. The van der Waals surface area contributed by atoms with Crippen LogP contribution in [-0.2, 0) is 0 Å². The summed E-state index contributed by atoms with van der Waals surface area (Å²) in [4.78, 5) is 3.99. The van der Waals surface area contributed by atoms with Gasteiger partial charge in [0, 0.05) is 28.1 Å². The van der Waals surface area contributed by atoms with Gasteiger partial charge in [-0.1, -0.05) is 23.2 Å². The molecule has 0 spiro atoms. The second-order valence-electron chi connectivity index (χ2n) is 4.26. The minimum atomic E-state index is 0.0765. The molecule has 20 heavy (non-hydrogen) atoms. The lowest BCUT2D eigenvalue weighted by Crippen LogP contribution is -2.30. The Bertz CT molecular complexity index is 584. The first kappa shape index (κ1) is 15.0. The van der Waals surface area contributed by atoms with Crippen molar-refractivity contribution in [1.82, 2.24) is 10.3 Å². The molecule has 2 rings (SSSR count). The molecule has 0 fully saturated rings. The molecule has 1 aromatic carbocycles. The van der Waals surface area contributed by atoms with E-state index in [-0.39, 0.29) is 6.04 Å². The van der Waals surface area contributed by atoms with E-state index in [1.54, 1.807) is 30.6 Å². The SMILES string of the molecule is C[C@H](NC(=S)Nc1cc(Cl)cc(Cl)c1)c1ccncc1. The lowest BCUT2D eigenvalue weighted by Gasteiger charge is -2.17. The fourth-order valence-corrected chi connectivity index (χ4v) is 2.55. The summed E-state index contributed by atoms with van der Waals surface area (Å²) in [6, 6.07) is 9.15. The number of benzene rings is 1. The van der Waals surface area contributed by atoms with Crippen LogP contribution in [0.3, 0.4) is 0 Å². The fourth-order valence-electron chi connectivity index (χ4n) is 1.73. The maximum absolute atomic E-state index is 5.94. The smallest absolute Gasteiger partial charge is 0.171 e. The number of rotatable bonds is 3. The maximum atomic E-state index is 5.94. The number of nitrogens with one attached hydrogen (secondary N) is 2. The van der Waals surface area contributed by atoms with Gasteiger partial charge >= 0.3 is 0 Å². The van der Waals surface area contributed by atoms with Gasteiger partial charge in [-0.2, -0.15) is 0 Å². The van der Waals surface area contributed by atoms with E-state index in [9.17, 15) is 0 Å². The van der Waals surface area contributed by atoms with Crippen molar-refractivity contribution in [3.63, 3.8) is 0 Å². The second kappa shape index (κ2) is 6.88. The van der Waals surface area contributed by atoms with Crippen molar-refractivity contribution in [3.8, 4) is 0 Å². The third-order valence-electron chi connectivity index (χ3n) is 2.67. The zero-order valence-corrected chi connectivity index (χ0v) is 13.1. The van der Waals surface area contributed by atoms with Crippen LogP contribution in [-0.4, -0.2) is 10.1 Å². The Morgan fingerprint density at radius 3 is 2.35 bits per heavy atom. The summed E-state index contributed by atoms with van der Waals surface area (Å²) >= 11 is 17.2. The number of thiocarbonyl (C=S) groups is 1. The van der Waals surface area contributed by atoms with E-state index in [0.717, 1.165) is 11.3 Å². The normalized spacial score (nSPS) is 11.8. The Labute approximate surface area is 133 Å². The van der Waals surface area contributed by atoms with E-state index in [2.05, 4.69) is 15.6 Å². The third-order valence-corrected chi connectivity index (χ3v) is 3.33. The number of anilines is 1. The molecule has 2 N–H and O–H groups in total. The molecule has 0 saturated carbocycles. The highest BCUT2D eigenvalue weighted by molar-refractivity contribution is 7.80. The zero-order chi connectivity index (χ0) is 14.5. The van der Waals surface area contributed by atoms with Crippen LogP contribution in [0.2, 0.25) is 10.0 Å². The Kier molecular flexibility index (Phi) is 5.17. The van der Waals surface area contributed by atoms with E-state index < -0.39 is 0 Å². The van der Waals surface area contributed by atoms with Crippen LogP contribution in [0.4, 0.5) is 5.69 Å². The topological polar surface area (TPSA) is 37.0 Å². The highest BCUT2D eigenvalue weighted by Gasteiger charge is 2.07. The molecule has 1 atom stereocenters. The van der Waals surface area contributed by atoms with Crippen molar-refractivity contribution in [3.05, 3.63) is 58.3 Å². The quantitative estimate of drug-likeness (QED) is 0.818. The van der Waals surface area contributed by atoms with Gasteiger partial charge in [0.25, 0.3) is 0 Å². The molecule has 0 unspecified atom stereocenters. The van der Waals surface area contributed by atoms with Crippen molar-refractivity contribution in [2.75, 3.05) is 5.32 Å². The number of pyridine rings is 1. The molecule has 3 nitrogen and oxygen atoms in total. The van der Waals surface area contributed by atoms with E-state index in [4.69, 9.17) is 35.4 Å². The van der Waals surface area contributed by atoms with Crippen molar-refractivity contribution >= 4 is 46.2 Å². The number of aromatic nitrogens is 1. The molecule has 0 aliphatic carbocycles. The number of hydrogen-bond donors (Lipinski definition) is 2. The molecule has 0 bridgehead atoms. The van der Waals surface area contributed by atoms with Crippen LogP contribution in [0.15, 0.2) is 42.7 Å². The van der Waals surface area contributed by atoms with Crippen LogP contribution in [0, 0.1) is 0 Å². The van der Waals surface area contributed by atoms with Gasteiger partial charge in [-0.15, -0.1) is 0 Å². The van der Waals surface area contributed by atoms with E-state index in [0.29, 0.717) is 15.2 Å². The molecular weight excluding hydrogens is 313 g/mol. The summed E-state index contributed by atoms with van der Waals surface area (Å²) in [5, 5.41) is 7.88. The largest absolute Gasteiger partial charge is 0.356 e. The Balaban J connectivity index is 1.99. The lowest BCUT2D eigenvalue weighted by molar-refractivity contribution is 0.721. The molecule has 1 heterocycles. The Hall–Kier alpha value is -1.36. The monoisotopic (exact) mass is 325 g/mol. The summed E-state index contributed by atoms with van der Waals surface area (Å²) in [6.45, 7) is 2.02. The summed E-state index contributed by atoms with van der Waals surface area (Å²) in [5.41, 5.74) is 1.86. The van der Waals surface area contributed by atoms with Gasteiger partial charge in [0.15, 0.2) is 5.11 Å². The summed E-state index contributed by atoms with van der Waals surface area (Å²) in [5.74, 6) is 0. The molecule has 1 aromatic heterocycles.